The zero-order valence-electron chi connectivity index (χ0n) is 13.9. The van der Waals surface area contributed by atoms with E-state index in [-0.39, 0.29) is 17.4 Å². The van der Waals surface area contributed by atoms with Crippen molar-refractivity contribution < 1.29 is 14.0 Å². The zero-order valence-corrected chi connectivity index (χ0v) is 14.6. The highest BCUT2D eigenvalue weighted by molar-refractivity contribution is 6.34. The highest BCUT2D eigenvalue weighted by atomic mass is 35.5. The van der Waals surface area contributed by atoms with Gasteiger partial charge in [-0.2, -0.15) is 0 Å². The SMILES string of the molecule is O=C1NC2(CCN(C(=O)c3ccccc3F)CC2)Nc2c(Cl)cccc21. The van der Waals surface area contributed by atoms with Crippen LogP contribution >= 0.6 is 11.6 Å². The molecule has 1 fully saturated rings. The van der Waals surface area contributed by atoms with Gasteiger partial charge in [-0.1, -0.05) is 29.8 Å². The molecule has 2 aliphatic heterocycles. The summed E-state index contributed by atoms with van der Waals surface area (Å²) in [7, 11) is 0. The Hall–Kier alpha value is -2.60. The van der Waals surface area contributed by atoms with Crippen LogP contribution in [0, 0.1) is 5.82 Å². The maximum absolute atomic E-state index is 13.9. The van der Waals surface area contributed by atoms with Gasteiger partial charge in [0.25, 0.3) is 11.8 Å². The lowest BCUT2D eigenvalue weighted by Gasteiger charge is -2.46. The summed E-state index contributed by atoms with van der Waals surface area (Å²) in [5.74, 6) is -1.05. The van der Waals surface area contributed by atoms with Gasteiger partial charge in [-0.05, 0) is 24.3 Å². The summed E-state index contributed by atoms with van der Waals surface area (Å²) < 4.78 is 13.9. The Bertz CT molecular complexity index is 894. The second-order valence-corrected chi connectivity index (χ2v) is 7.00. The van der Waals surface area contributed by atoms with Crippen LogP contribution in [0.25, 0.3) is 0 Å². The summed E-state index contributed by atoms with van der Waals surface area (Å²) in [5, 5.41) is 6.84. The summed E-state index contributed by atoms with van der Waals surface area (Å²) in [6.45, 7) is 0.806. The molecule has 2 aromatic carbocycles. The molecule has 26 heavy (non-hydrogen) atoms. The van der Waals surface area contributed by atoms with Crippen LogP contribution in [0.3, 0.4) is 0 Å². The standard InChI is InChI=1S/C19H17ClFN3O2/c20-14-6-3-5-13-16(14)22-19(23-17(13)25)8-10-24(11-9-19)18(26)12-4-1-2-7-15(12)21/h1-7,22H,8-11H2,(H,23,25). The molecule has 1 saturated heterocycles. The predicted octanol–water partition coefficient (Wildman–Crippen LogP) is 3.27. The third-order valence-electron chi connectivity index (χ3n) is 4.98. The number of rotatable bonds is 1. The quantitative estimate of drug-likeness (QED) is 0.806. The molecule has 134 valence electrons. The van der Waals surface area contributed by atoms with Gasteiger partial charge < -0.3 is 15.5 Å². The lowest BCUT2D eigenvalue weighted by Crippen LogP contribution is -2.62. The molecule has 2 aliphatic rings. The molecule has 1 spiro atoms. The van der Waals surface area contributed by atoms with E-state index in [1.165, 1.54) is 12.1 Å². The van der Waals surface area contributed by atoms with Gasteiger partial charge in [-0.25, -0.2) is 4.39 Å². The number of para-hydroxylation sites is 1. The summed E-state index contributed by atoms with van der Waals surface area (Å²) >= 11 is 6.24. The van der Waals surface area contributed by atoms with Crippen molar-refractivity contribution >= 4 is 29.1 Å². The van der Waals surface area contributed by atoms with Crippen molar-refractivity contribution in [1.82, 2.24) is 10.2 Å². The number of benzene rings is 2. The van der Waals surface area contributed by atoms with E-state index in [2.05, 4.69) is 10.6 Å². The topological polar surface area (TPSA) is 61.4 Å². The van der Waals surface area contributed by atoms with Crippen LogP contribution in [0.2, 0.25) is 5.02 Å². The third kappa shape index (κ3) is 2.80. The molecule has 0 aliphatic carbocycles. The molecule has 2 heterocycles. The number of amides is 2. The first-order valence-electron chi connectivity index (χ1n) is 8.42. The Morgan fingerprint density at radius 2 is 1.81 bits per heavy atom. The molecule has 7 heteroatoms. The number of halogens is 2. The predicted molar refractivity (Wildman–Crippen MR) is 96.8 cm³/mol. The van der Waals surface area contributed by atoms with E-state index in [1.807, 2.05) is 0 Å². The fraction of sp³-hybridized carbons (Fsp3) is 0.263. The minimum atomic E-state index is -0.652. The maximum Gasteiger partial charge on any atom is 0.256 e. The fourth-order valence-electron chi connectivity index (χ4n) is 3.54. The van der Waals surface area contributed by atoms with E-state index in [0.29, 0.717) is 42.2 Å². The number of fused-ring (bicyclic) bond motifs is 1. The van der Waals surface area contributed by atoms with Crippen LogP contribution in [-0.4, -0.2) is 35.5 Å². The number of likely N-dealkylation sites (tertiary alicyclic amines) is 1. The van der Waals surface area contributed by atoms with Crippen LogP contribution in [0.5, 0.6) is 0 Å². The summed E-state index contributed by atoms with van der Waals surface area (Å²) in [6.07, 6.45) is 1.01. The molecule has 2 aromatic rings. The van der Waals surface area contributed by atoms with Crippen LogP contribution in [0.1, 0.15) is 33.6 Å². The lowest BCUT2D eigenvalue weighted by atomic mass is 9.92. The average Bonchev–Trinajstić information content (AvgIpc) is 2.63. The Kier molecular flexibility index (Phi) is 4.07. The van der Waals surface area contributed by atoms with Crippen molar-refractivity contribution in [3.8, 4) is 0 Å². The first-order valence-corrected chi connectivity index (χ1v) is 8.80. The first-order chi connectivity index (χ1) is 12.5. The van der Waals surface area contributed by atoms with Crippen LogP contribution in [0.15, 0.2) is 42.5 Å². The number of nitrogens with zero attached hydrogens (tertiary/aromatic N) is 1. The van der Waals surface area contributed by atoms with E-state index >= 15 is 0 Å². The van der Waals surface area contributed by atoms with Crippen molar-refractivity contribution in [3.63, 3.8) is 0 Å². The summed E-state index contributed by atoms with van der Waals surface area (Å²) in [6, 6.07) is 11.1. The van der Waals surface area contributed by atoms with Crippen LogP contribution < -0.4 is 10.6 Å². The average molecular weight is 374 g/mol. The second kappa shape index (κ2) is 6.29. The lowest BCUT2D eigenvalue weighted by molar-refractivity contribution is 0.0636. The van der Waals surface area contributed by atoms with Gasteiger partial charge in [-0.15, -0.1) is 0 Å². The smallest absolute Gasteiger partial charge is 0.256 e. The molecule has 0 unspecified atom stereocenters. The normalized spacial score (nSPS) is 18.1. The number of anilines is 1. The minimum Gasteiger partial charge on any atom is -0.361 e. The van der Waals surface area contributed by atoms with Crippen molar-refractivity contribution in [2.45, 2.75) is 18.5 Å². The Labute approximate surface area is 155 Å². The molecule has 0 radical (unpaired) electrons. The summed E-state index contributed by atoms with van der Waals surface area (Å²) in [5.41, 5.74) is 0.540. The number of carbonyl (C=O) groups excluding carboxylic acids is 2. The van der Waals surface area contributed by atoms with Crippen molar-refractivity contribution in [2.24, 2.45) is 0 Å². The van der Waals surface area contributed by atoms with E-state index in [1.54, 1.807) is 35.2 Å². The third-order valence-corrected chi connectivity index (χ3v) is 5.30. The Balaban J connectivity index is 1.52. The zero-order chi connectivity index (χ0) is 18.3. The number of nitrogens with one attached hydrogen (secondary N) is 2. The van der Waals surface area contributed by atoms with Gasteiger partial charge in [0.2, 0.25) is 0 Å². The van der Waals surface area contributed by atoms with Crippen molar-refractivity contribution in [2.75, 3.05) is 18.4 Å². The van der Waals surface area contributed by atoms with E-state index < -0.39 is 11.5 Å². The molecule has 4 rings (SSSR count). The molecule has 2 amide bonds. The molecule has 0 saturated carbocycles. The van der Waals surface area contributed by atoms with E-state index in [9.17, 15) is 14.0 Å². The van der Waals surface area contributed by atoms with Gasteiger partial charge in [0.1, 0.15) is 11.5 Å². The van der Waals surface area contributed by atoms with Crippen LogP contribution in [-0.2, 0) is 0 Å². The Morgan fingerprint density at radius 3 is 2.54 bits per heavy atom. The molecule has 0 bridgehead atoms. The van der Waals surface area contributed by atoms with Gasteiger partial charge >= 0.3 is 0 Å². The molecule has 2 N–H and O–H groups in total. The highest BCUT2D eigenvalue weighted by Crippen LogP contribution is 2.36. The fourth-order valence-corrected chi connectivity index (χ4v) is 3.76. The van der Waals surface area contributed by atoms with Gasteiger partial charge in [0.05, 0.1) is 21.8 Å². The minimum absolute atomic E-state index is 0.0671. The largest absolute Gasteiger partial charge is 0.361 e. The monoisotopic (exact) mass is 373 g/mol. The van der Waals surface area contributed by atoms with E-state index in [4.69, 9.17) is 11.6 Å². The van der Waals surface area contributed by atoms with Gasteiger partial charge in [0.15, 0.2) is 0 Å². The number of piperidine rings is 1. The van der Waals surface area contributed by atoms with E-state index in [0.717, 1.165) is 0 Å². The second-order valence-electron chi connectivity index (χ2n) is 6.60. The van der Waals surface area contributed by atoms with Crippen molar-refractivity contribution in [3.05, 3.63) is 64.4 Å². The molecule has 0 atom stereocenters. The maximum atomic E-state index is 13.9. The van der Waals surface area contributed by atoms with Crippen LogP contribution in [0.4, 0.5) is 10.1 Å². The van der Waals surface area contributed by atoms with Gasteiger partial charge in [-0.3, -0.25) is 9.59 Å². The number of hydrogen-bond acceptors (Lipinski definition) is 3. The van der Waals surface area contributed by atoms with Gasteiger partial charge in [0, 0.05) is 25.9 Å². The molecular weight excluding hydrogens is 357 g/mol. The highest BCUT2D eigenvalue weighted by Gasteiger charge is 2.41. The first kappa shape index (κ1) is 16.8. The summed E-state index contributed by atoms with van der Waals surface area (Å²) in [4.78, 5) is 26.6. The number of hydrogen-bond donors (Lipinski definition) is 2. The Morgan fingerprint density at radius 1 is 1.08 bits per heavy atom. The number of carbonyl (C=O) groups is 2. The molecule has 0 aromatic heterocycles. The molecular formula is C19H17ClFN3O2. The molecule has 5 nitrogen and oxygen atoms in total. The van der Waals surface area contributed by atoms with Crippen molar-refractivity contribution in [1.29, 1.82) is 0 Å².